The molecule has 0 amide bonds. The van der Waals surface area contributed by atoms with E-state index < -0.39 is 11.4 Å². The van der Waals surface area contributed by atoms with Gasteiger partial charge in [0.1, 0.15) is 0 Å². The smallest absolute Gasteiger partial charge is 0.314 e. The summed E-state index contributed by atoms with van der Waals surface area (Å²) in [5.41, 5.74) is 2.04. The van der Waals surface area contributed by atoms with Crippen molar-refractivity contribution in [1.82, 2.24) is 0 Å². The van der Waals surface area contributed by atoms with Crippen molar-refractivity contribution >= 4 is 5.97 Å². The quantitative estimate of drug-likeness (QED) is 0.876. The Bertz CT molecular complexity index is 499. The lowest BCUT2D eigenvalue weighted by Crippen LogP contribution is -2.25. The van der Waals surface area contributed by atoms with Crippen LogP contribution in [0.5, 0.6) is 0 Å². The van der Waals surface area contributed by atoms with Gasteiger partial charge in [0.15, 0.2) is 0 Å². The van der Waals surface area contributed by atoms with Crippen molar-refractivity contribution < 1.29 is 9.90 Å². The average molecular weight is 274 g/mol. The number of hydrogen-bond donors (Lipinski definition) is 1. The summed E-state index contributed by atoms with van der Waals surface area (Å²) in [5, 5.41) is 9.34. The van der Waals surface area contributed by atoms with E-state index in [0.29, 0.717) is 0 Å². The zero-order valence-corrected chi connectivity index (χ0v) is 13.3. The van der Waals surface area contributed by atoms with Crippen LogP contribution in [0.25, 0.3) is 0 Å². The first-order valence-corrected chi connectivity index (χ1v) is 7.41. The lowest BCUT2D eigenvalue weighted by Gasteiger charge is -2.33. The predicted octanol–water partition coefficient (Wildman–Crippen LogP) is 4.52. The van der Waals surface area contributed by atoms with E-state index in [1.54, 1.807) is 0 Å². The summed E-state index contributed by atoms with van der Waals surface area (Å²) in [6, 6.07) is 8.26. The van der Waals surface area contributed by atoms with E-state index in [0.717, 1.165) is 24.8 Å². The minimum atomic E-state index is -0.681. The highest BCUT2D eigenvalue weighted by Crippen LogP contribution is 2.48. The second-order valence-corrected chi connectivity index (χ2v) is 8.09. The average Bonchev–Trinajstić information content (AvgIpc) is 3.07. The summed E-state index contributed by atoms with van der Waals surface area (Å²) >= 11 is 0. The number of carbonyl (C=O) groups is 1. The van der Waals surface area contributed by atoms with Crippen LogP contribution in [0.15, 0.2) is 24.3 Å². The van der Waals surface area contributed by atoms with Gasteiger partial charge in [0.2, 0.25) is 0 Å². The van der Waals surface area contributed by atoms with Gasteiger partial charge in [0.05, 0.1) is 5.41 Å². The molecule has 1 aliphatic rings. The van der Waals surface area contributed by atoms with Gasteiger partial charge in [-0.1, -0.05) is 58.9 Å². The highest BCUT2D eigenvalue weighted by Gasteiger charge is 2.51. The van der Waals surface area contributed by atoms with Gasteiger partial charge >= 0.3 is 5.97 Å². The molecular weight excluding hydrogens is 248 g/mol. The first-order chi connectivity index (χ1) is 9.07. The Kier molecular flexibility index (Phi) is 3.48. The van der Waals surface area contributed by atoms with Crippen LogP contribution in [-0.2, 0) is 15.6 Å². The third-order valence-corrected chi connectivity index (χ3v) is 4.35. The summed E-state index contributed by atoms with van der Waals surface area (Å²) in [5.74, 6) is -0.681. The molecule has 0 bridgehead atoms. The topological polar surface area (TPSA) is 37.3 Å². The number of carboxylic acids is 1. The minimum Gasteiger partial charge on any atom is -0.481 e. The molecule has 0 heterocycles. The van der Waals surface area contributed by atoms with E-state index in [2.05, 4.69) is 46.8 Å². The first-order valence-electron chi connectivity index (χ1n) is 7.41. The molecule has 0 unspecified atom stereocenters. The molecule has 1 aliphatic carbocycles. The Morgan fingerprint density at radius 2 is 1.60 bits per heavy atom. The van der Waals surface area contributed by atoms with E-state index in [4.69, 9.17) is 0 Å². The molecular formula is C18H26O2. The van der Waals surface area contributed by atoms with Crippen LogP contribution >= 0.6 is 0 Å². The molecule has 0 radical (unpaired) electrons. The summed E-state index contributed by atoms with van der Waals surface area (Å²) in [7, 11) is 0. The molecule has 0 atom stereocenters. The van der Waals surface area contributed by atoms with Gasteiger partial charge in [-0.2, -0.15) is 0 Å². The van der Waals surface area contributed by atoms with Gasteiger partial charge in [0.25, 0.3) is 0 Å². The standard InChI is InChI=1S/C18H26O2/c1-16(2,3)12-17(4,5)13-6-8-14(9-7-13)18(10-11-18)15(19)20/h6-9H,10-12H2,1-5H3,(H,19,20). The molecule has 1 N–H and O–H groups in total. The fourth-order valence-electron chi connectivity index (χ4n) is 3.42. The van der Waals surface area contributed by atoms with Crippen molar-refractivity contribution in [2.24, 2.45) is 5.41 Å². The van der Waals surface area contributed by atoms with Gasteiger partial charge < -0.3 is 5.11 Å². The first kappa shape index (κ1) is 15.1. The molecule has 20 heavy (non-hydrogen) atoms. The van der Waals surface area contributed by atoms with Gasteiger partial charge in [-0.05, 0) is 41.2 Å². The lowest BCUT2D eigenvalue weighted by molar-refractivity contribution is -0.140. The molecule has 2 heteroatoms. The molecule has 2 nitrogen and oxygen atoms in total. The van der Waals surface area contributed by atoms with E-state index in [1.165, 1.54) is 5.56 Å². The van der Waals surface area contributed by atoms with E-state index >= 15 is 0 Å². The number of carboxylic acid groups (broad SMARTS) is 1. The Balaban J connectivity index is 2.23. The third-order valence-electron chi connectivity index (χ3n) is 4.35. The summed E-state index contributed by atoms with van der Waals surface area (Å²) < 4.78 is 0. The van der Waals surface area contributed by atoms with E-state index in [1.807, 2.05) is 12.1 Å². The molecule has 1 aromatic rings. The summed E-state index contributed by atoms with van der Waals surface area (Å²) in [4.78, 5) is 11.4. The van der Waals surface area contributed by atoms with Gasteiger partial charge in [-0.3, -0.25) is 4.79 Å². The second-order valence-electron chi connectivity index (χ2n) is 8.09. The van der Waals surface area contributed by atoms with Crippen molar-refractivity contribution in [3.63, 3.8) is 0 Å². The van der Waals surface area contributed by atoms with Crippen molar-refractivity contribution in [3.8, 4) is 0 Å². The molecule has 110 valence electrons. The Labute approximate surface area is 122 Å². The molecule has 1 aromatic carbocycles. The molecule has 0 saturated heterocycles. The second kappa shape index (κ2) is 4.61. The van der Waals surface area contributed by atoms with Crippen molar-refractivity contribution in [2.45, 2.75) is 64.7 Å². The SMILES string of the molecule is CC(C)(C)CC(C)(C)c1ccc(C2(C(=O)O)CC2)cc1. The Hall–Kier alpha value is -1.31. The molecule has 0 aromatic heterocycles. The fourth-order valence-corrected chi connectivity index (χ4v) is 3.42. The summed E-state index contributed by atoms with van der Waals surface area (Å²) in [6.07, 6.45) is 2.64. The maximum absolute atomic E-state index is 11.4. The molecule has 1 saturated carbocycles. The van der Waals surface area contributed by atoms with Crippen molar-refractivity contribution in [1.29, 1.82) is 0 Å². The predicted molar refractivity (Wildman–Crippen MR) is 82.1 cm³/mol. The van der Waals surface area contributed by atoms with Gasteiger partial charge in [-0.15, -0.1) is 0 Å². The Morgan fingerprint density at radius 1 is 1.10 bits per heavy atom. The van der Waals surface area contributed by atoms with Crippen LogP contribution in [0.1, 0.15) is 65.0 Å². The summed E-state index contributed by atoms with van der Waals surface area (Å²) in [6.45, 7) is 11.3. The van der Waals surface area contributed by atoms with Crippen LogP contribution in [0.4, 0.5) is 0 Å². The number of aliphatic carboxylic acids is 1. The maximum Gasteiger partial charge on any atom is 0.314 e. The largest absolute Gasteiger partial charge is 0.481 e. The van der Waals surface area contributed by atoms with Crippen LogP contribution in [0, 0.1) is 5.41 Å². The van der Waals surface area contributed by atoms with Crippen molar-refractivity contribution in [2.75, 3.05) is 0 Å². The van der Waals surface area contributed by atoms with Gasteiger partial charge in [0, 0.05) is 0 Å². The normalized spacial score (nSPS) is 17.9. The highest BCUT2D eigenvalue weighted by molar-refractivity contribution is 5.84. The monoisotopic (exact) mass is 274 g/mol. The third kappa shape index (κ3) is 2.89. The van der Waals surface area contributed by atoms with Crippen LogP contribution in [0.2, 0.25) is 0 Å². The van der Waals surface area contributed by atoms with Crippen LogP contribution in [0.3, 0.4) is 0 Å². The Morgan fingerprint density at radius 3 is 1.95 bits per heavy atom. The lowest BCUT2D eigenvalue weighted by atomic mass is 9.72. The molecule has 0 aliphatic heterocycles. The van der Waals surface area contributed by atoms with E-state index in [-0.39, 0.29) is 10.8 Å². The zero-order chi connectivity index (χ0) is 15.2. The fraction of sp³-hybridized carbons (Fsp3) is 0.611. The molecule has 2 rings (SSSR count). The van der Waals surface area contributed by atoms with Crippen LogP contribution < -0.4 is 0 Å². The zero-order valence-electron chi connectivity index (χ0n) is 13.3. The number of hydrogen-bond acceptors (Lipinski definition) is 1. The molecule has 1 fully saturated rings. The van der Waals surface area contributed by atoms with Crippen molar-refractivity contribution in [3.05, 3.63) is 35.4 Å². The minimum absolute atomic E-state index is 0.108. The maximum atomic E-state index is 11.4. The number of benzene rings is 1. The van der Waals surface area contributed by atoms with Gasteiger partial charge in [-0.25, -0.2) is 0 Å². The van der Waals surface area contributed by atoms with E-state index in [9.17, 15) is 9.90 Å². The number of rotatable bonds is 4. The van der Waals surface area contributed by atoms with Crippen LogP contribution in [-0.4, -0.2) is 11.1 Å². The molecule has 0 spiro atoms. The highest BCUT2D eigenvalue weighted by atomic mass is 16.4.